The summed E-state index contributed by atoms with van der Waals surface area (Å²) in [6, 6.07) is 1.97. The fraction of sp³-hybridized carbons (Fsp3) is 0.611. The van der Waals surface area contributed by atoms with E-state index in [1.807, 2.05) is 23.6 Å². The Labute approximate surface area is 158 Å². The predicted octanol–water partition coefficient (Wildman–Crippen LogP) is 2.19. The summed E-state index contributed by atoms with van der Waals surface area (Å²) in [6.07, 6.45) is 5.26. The molecule has 0 bridgehead atoms. The first-order valence-electron chi connectivity index (χ1n) is 9.43. The van der Waals surface area contributed by atoms with E-state index in [4.69, 9.17) is 4.74 Å². The third-order valence-corrected chi connectivity index (χ3v) is 7.28. The standard InChI is InChI=1S/C18H25N5O3S/c1-3-26-6-7-27(24,25)11-13-8-12(2)14(9-13)18-22-21-16-10-20-17-15(23(16)18)4-5-19-17/h4-5,10,12-14,19H,3,6-9,11H2,1-2H3/t12-,13+,14+/m1/s1. The van der Waals surface area contributed by atoms with Crippen molar-refractivity contribution in [2.24, 2.45) is 11.8 Å². The van der Waals surface area contributed by atoms with Gasteiger partial charge >= 0.3 is 0 Å². The van der Waals surface area contributed by atoms with Crippen molar-refractivity contribution in [2.75, 3.05) is 24.7 Å². The maximum absolute atomic E-state index is 12.4. The summed E-state index contributed by atoms with van der Waals surface area (Å²) < 4.78 is 32.0. The topological polar surface area (TPSA) is 102 Å². The van der Waals surface area contributed by atoms with Crippen LogP contribution in [0.15, 0.2) is 18.5 Å². The van der Waals surface area contributed by atoms with Crippen LogP contribution in [0, 0.1) is 11.8 Å². The molecular weight excluding hydrogens is 366 g/mol. The molecule has 9 heteroatoms. The average Bonchev–Trinajstić information content (AvgIpc) is 3.31. The van der Waals surface area contributed by atoms with Crippen molar-refractivity contribution in [3.8, 4) is 0 Å². The Hall–Kier alpha value is -2.00. The molecule has 3 atom stereocenters. The largest absolute Gasteiger partial charge is 0.381 e. The highest BCUT2D eigenvalue weighted by Gasteiger charge is 2.37. The number of H-pyrrole nitrogens is 1. The average molecular weight is 391 g/mol. The quantitative estimate of drug-likeness (QED) is 0.620. The molecule has 4 rings (SSSR count). The molecule has 8 nitrogen and oxygen atoms in total. The van der Waals surface area contributed by atoms with Crippen molar-refractivity contribution in [1.82, 2.24) is 24.6 Å². The summed E-state index contributed by atoms with van der Waals surface area (Å²) in [4.78, 5) is 7.47. The summed E-state index contributed by atoms with van der Waals surface area (Å²) in [5, 5.41) is 8.72. The van der Waals surface area contributed by atoms with Crippen LogP contribution in [0.1, 0.15) is 38.4 Å². The van der Waals surface area contributed by atoms with Crippen molar-refractivity contribution < 1.29 is 13.2 Å². The molecule has 0 radical (unpaired) electrons. The number of nitrogens with one attached hydrogen (secondary N) is 1. The summed E-state index contributed by atoms with van der Waals surface area (Å²) in [5.74, 6) is 1.91. The first kappa shape index (κ1) is 18.4. The van der Waals surface area contributed by atoms with Crippen LogP contribution in [-0.4, -0.2) is 57.7 Å². The van der Waals surface area contributed by atoms with E-state index in [1.54, 1.807) is 6.20 Å². The van der Waals surface area contributed by atoms with Gasteiger partial charge in [0.25, 0.3) is 0 Å². The number of nitrogens with zero attached hydrogens (tertiary/aromatic N) is 4. The van der Waals surface area contributed by atoms with Crippen molar-refractivity contribution in [3.05, 3.63) is 24.3 Å². The summed E-state index contributed by atoms with van der Waals surface area (Å²) in [7, 11) is -3.10. The van der Waals surface area contributed by atoms with Gasteiger partial charge < -0.3 is 9.72 Å². The van der Waals surface area contributed by atoms with Gasteiger partial charge in [-0.05, 0) is 37.7 Å². The molecule has 1 aliphatic rings. The van der Waals surface area contributed by atoms with Gasteiger partial charge in [-0.15, -0.1) is 10.2 Å². The first-order valence-corrected chi connectivity index (χ1v) is 11.3. The summed E-state index contributed by atoms with van der Waals surface area (Å²) in [5.41, 5.74) is 2.47. The molecule has 146 valence electrons. The van der Waals surface area contributed by atoms with E-state index < -0.39 is 9.84 Å². The molecule has 0 spiro atoms. The zero-order chi connectivity index (χ0) is 19.0. The zero-order valence-corrected chi connectivity index (χ0v) is 16.4. The Morgan fingerprint density at radius 1 is 1.33 bits per heavy atom. The van der Waals surface area contributed by atoms with E-state index in [9.17, 15) is 8.42 Å². The molecule has 1 fully saturated rings. The highest BCUT2D eigenvalue weighted by Crippen LogP contribution is 2.43. The SMILES string of the molecule is CCOCCS(=O)(=O)C[C@H]1C[C@@H](C)[C@@H](c2nnc3cnc4[nH]ccc4n23)C1. The maximum Gasteiger partial charge on any atom is 0.179 e. The van der Waals surface area contributed by atoms with Crippen molar-refractivity contribution in [3.63, 3.8) is 0 Å². The van der Waals surface area contributed by atoms with Crippen LogP contribution in [0.2, 0.25) is 0 Å². The van der Waals surface area contributed by atoms with Crippen LogP contribution in [-0.2, 0) is 14.6 Å². The Bertz CT molecular complexity index is 1040. The monoisotopic (exact) mass is 391 g/mol. The minimum atomic E-state index is -3.10. The van der Waals surface area contributed by atoms with E-state index in [0.29, 0.717) is 12.5 Å². The molecule has 3 heterocycles. The minimum absolute atomic E-state index is 0.0971. The van der Waals surface area contributed by atoms with Crippen molar-refractivity contribution >= 4 is 26.6 Å². The maximum atomic E-state index is 12.4. The lowest BCUT2D eigenvalue weighted by Gasteiger charge is -2.13. The van der Waals surface area contributed by atoms with E-state index in [-0.39, 0.29) is 29.9 Å². The van der Waals surface area contributed by atoms with Gasteiger partial charge in [0.05, 0.1) is 29.8 Å². The zero-order valence-electron chi connectivity index (χ0n) is 15.6. The second kappa shape index (κ2) is 7.20. The number of ether oxygens (including phenoxy) is 1. The van der Waals surface area contributed by atoms with E-state index in [1.165, 1.54) is 0 Å². The van der Waals surface area contributed by atoms with Gasteiger partial charge in [-0.1, -0.05) is 6.92 Å². The fourth-order valence-electron chi connectivity index (χ4n) is 4.28. The second-order valence-corrected chi connectivity index (χ2v) is 9.68. The molecule has 0 aliphatic heterocycles. The lowest BCUT2D eigenvalue weighted by molar-refractivity contribution is 0.163. The molecule has 0 amide bonds. The highest BCUT2D eigenvalue weighted by atomic mass is 32.2. The Morgan fingerprint density at radius 2 is 2.19 bits per heavy atom. The fourth-order valence-corrected chi connectivity index (χ4v) is 5.81. The van der Waals surface area contributed by atoms with Crippen LogP contribution < -0.4 is 0 Å². The van der Waals surface area contributed by atoms with Gasteiger partial charge in [0, 0.05) is 18.7 Å². The number of sulfone groups is 1. The van der Waals surface area contributed by atoms with Crippen molar-refractivity contribution in [2.45, 2.75) is 32.6 Å². The molecule has 3 aromatic rings. The van der Waals surface area contributed by atoms with Crippen LogP contribution >= 0.6 is 0 Å². The molecule has 3 aromatic heterocycles. The normalized spacial score (nSPS) is 23.6. The van der Waals surface area contributed by atoms with Gasteiger partial charge in [-0.3, -0.25) is 4.40 Å². The van der Waals surface area contributed by atoms with E-state index >= 15 is 0 Å². The first-order chi connectivity index (χ1) is 13.0. The third-order valence-electron chi connectivity index (χ3n) is 5.51. The Balaban J connectivity index is 1.56. The van der Waals surface area contributed by atoms with Gasteiger partial charge in [0.2, 0.25) is 0 Å². The number of hydrogen-bond acceptors (Lipinski definition) is 6. The van der Waals surface area contributed by atoms with E-state index in [2.05, 4.69) is 27.1 Å². The van der Waals surface area contributed by atoms with Gasteiger partial charge in [0.15, 0.2) is 21.1 Å². The molecule has 27 heavy (non-hydrogen) atoms. The molecule has 0 saturated heterocycles. The van der Waals surface area contributed by atoms with Crippen LogP contribution in [0.3, 0.4) is 0 Å². The lowest BCUT2D eigenvalue weighted by atomic mass is 9.97. The molecule has 1 aliphatic carbocycles. The molecule has 0 unspecified atom stereocenters. The number of rotatable bonds is 7. The van der Waals surface area contributed by atoms with Gasteiger partial charge in [-0.25, -0.2) is 13.4 Å². The molecule has 1 N–H and O–H groups in total. The molecule has 1 saturated carbocycles. The number of fused-ring (bicyclic) bond motifs is 3. The highest BCUT2D eigenvalue weighted by molar-refractivity contribution is 7.91. The lowest BCUT2D eigenvalue weighted by Crippen LogP contribution is -2.20. The summed E-state index contributed by atoms with van der Waals surface area (Å²) >= 11 is 0. The van der Waals surface area contributed by atoms with Gasteiger partial charge in [-0.2, -0.15) is 0 Å². The minimum Gasteiger partial charge on any atom is -0.381 e. The Kier molecular flexibility index (Phi) is 4.90. The number of aromatic amines is 1. The van der Waals surface area contributed by atoms with Crippen LogP contribution in [0.5, 0.6) is 0 Å². The molecule has 0 aromatic carbocycles. The smallest absolute Gasteiger partial charge is 0.179 e. The third kappa shape index (κ3) is 3.58. The number of hydrogen-bond donors (Lipinski definition) is 1. The molecular formula is C18H25N5O3S. The number of aromatic nitrogens is 5. The second-order valence-electron chi connectivity index (χ2n) is 7.45. The van der Waals surface area contributed by atoms with E-state index in [0.717, 1.165) is 35.5 Å². The summed E-state index contributed by atoms with van der Waals surface area (Å²) in [6.45, 7) is 4.86. The van der Waals surface area contributed by atoms with Crippen LogP contribution in [0.4, 0.5) is 0 Å². The van der Waals surface area contributed by atoms with Crippen molar-refractivity contribution in [1.29, 1.82) is 0 Å². The predicted molar refractivity (Wildman–Crippen MR) is 102 cm³/mol. The van der Waals surface area contributed by atoms with Gasteiger partial charge in [0.1, 0.15) is 5.82 Å². The Morgan fingerprint density at radius 3 is 3.00 bits per heavy atom. The van der Waals surface area contributed by atoms with Crippen LogP contribution in [0.25, 0.3) is 16.8 Å².